The zero-order valence-electron chi connectivity index (χ0n) is 16.4. The number of rotatable bonds is 5. The number of benzene rings is 2. The molecule has 28 heavy (non-hydrogen) atoms. The second-order valence-corrected chi connectivity index (χ2v) is 7.97. The number of nitrogens with one attached hydrogen (secondary N) is 1. The van der Waals surface area contributed by atoms with E-state index in [2.05, 4.69) is 22.2 Å². The zero-order valence-corrected chi connectivity index (χ0v) is 17.9. The van der Waals surface area contributed by atoms with Gasteiger partial charge < -0.3 is 19.9 Å². The lowest BCUT2D eigenvalue weighted by Crippen LogP contribution is -2.45. The van der Waals surface area contributed by atoms with Crippen molar-refractivity contribution in [2.75, 3.05) is 50.1 Å². The Labute approximate surface area is 176 Å². The Morgan fingerprint density at radius 1 is 1.11 bits per heavy atom. The number of anilines is 2. The molecule has 0 unspecified atom stereocenters. The van der Waals surface area contributed by atoms with E-state index in [1.807, 2.05) is 44.2 Å². The third-order valence-electron chi connectivity index (χ3n) is 4.80. The van der Waals surface area contributed by atoms with Crippen molar-refractivity contribution in [3.8, 4) is 5.75 Å². The van der Waals surface area contributed by atoms with Gasteiger partial charge in [0.15, 0.2) is 6.61 Å². The second kappa shape index (κ2) is 9.03. The van der Waals surface area contributed by atoms with E-state index < -0.39 is 0 Å². The van der Waals surface area contributed by atoms with Gasteiger partial charge in [-0.3, -0.25) is 4.79 Å². The molecule has 2 aromatic rings. The Morgan fingerprint density at radius 3 is 2.50 bits per heavy atom. The van der Waals surface area contributed by atoms with Crippen molar-refractivity contribution in [3.05, 3.63) is 51.5 Å². The number of likely N-dealkylation sites (N-methyl/N-ethyl adjacent to an activating group) is 1. The quantitative estimate of drug-likeness (QED) is 0.777. The van der Waals surface area contributed by atoms with Gasteiger partial charge >= 0.3 is 0 Å². The predicted octanol–water partition coefficient (Wildman–Crippen LogP) is 4.38. The fourth-order valence-corrected chi connectivity index (χ4v) is 4.05. The summed E-state index contributed by atoms with van der Waals surface area (Å²) in [7, 11) is 2.10. The van der Waals surface area contributed by atoms with Crippen molar-refractivity contribution < 1.29 is 9.53 Å². The number of ether oxygens (including phenoxy) is 1. The number of carbonyl (C=O) groups is 1. The molecule has 0 spiro atoms. The molecule has 150 valence electrons. The minimum Gasteiger partial charge on any atom is -0.482 e. The molecule has 0 bridgehead atoms. The Morgan fingerprint density at radius 2 is 1.82 bits per heavy atom. The van der Waals surface area contributed by atoms with E-state index >= 15 is 0 Å². The van der Waals surface area contributed by atoms with Crippen molar-refractivity contribution in [2.24, 2.45) is 0 Å². The maximum Gasteiger partial charge on any atom is 0.262 e. The SMILES string of the molecule is Cc1cc(C)c(OCC(=O)Nc2cccc(Cl)c2N2CCN(C)CC2)c(Cl)c1. The van der Waals surface area contributed by atoms with Gasteiger partial charge in [0.2, 0.25) is 0 Å². The summed E-state index contributed by atoms with van der Waals surface area (Å²) in [4.78, 5) is 17.0. The summed E-state index contributed by atoms with van der Waals surface area (Å²) in [6.45, 7) is 7.37. The predicted molar refractivity (Wildman–Crippen MR) is 116 cm³/mol. The number of halogens is 2. The van der Waals surface area contributed by atoms with Crippen molar-refractivity contribution in [3.63, 3.8) is 0 Å². The highest BCUT2D eigenvalue weighted by Crippen LogP contribution is 2.35. The van der Waals surface area contributed by atoms with Gasteiger partial charge in [0.1, 0.15) is 5.75 Å². The molecular weight excluding hydrogens is 397 g/mol. The second-order valence-electron chi connectivity index (χ2n) is 7.16. The van der Waals surface area contributed by atoms with E-state index in [0.29, 0.717) is 21.5 Å². The first-order valence-electron chi connectivity index (χ1n) is 9.26. The van der Waals surface area contributed by atoms with Crippen molar-refractivity contribution in [1.29, 1.82) is 0 Å². The van der Waals surface area contributed by atoms with Crippen molar-refractivity contribution in [1.82, 2.24) is 4.90 Å². The number of carbonyl (C=O) groups excluding carboxylic acids is 1. The number of amides is 1. The number of hydrogen-bond donors (Lipinski definition) is 1. The van der Waals surface area contributed by atoms with E-state index in [1.165, 1.54) is 0 Å². The Hall–Kier alpha value is -1.95. The molecule has 1 N–H and O–H groups in total. The lowest BCUT2D eigenvalue weighted by atomic mass is 10.1. The Balaban J connectivity index is 1.70. The van der Waals surface area contributed by atoms with Crippen molar-refractivity contribution >= 4 is 40.5 Å². The lowest BCUT2D eigenvalue weighted by Gasteiger charge is -2.35. The van der Waals surface area contributed by atoms with Crippen LogP contribution in [0.5, 0.6) is 5.75 Å². The monoisotopic (exact) mass is 421 g/mol. The summed E-state index contributed by atoms with van der Waals surface area (Å²) in [5, 5.41) is 4.07. The first kappa shape index (κ1) is 20.8. The number of para-hydroxylation sites is 1. The highest BCUT2D eigenvalue weighted by molar-refractivity contribution is 6.34. The maximum atomic E-state index is 12.5. The number of piperazine rings is 1. The van der Waals surface area contributed by atoms with E-state index in [1.54, 1.807) is 0 Å². The number of hydrogen-bond acceptors (Lipinski definition) is 4. The van der Waals surface area contributed by atoms with Crippen LogP contribution in [0.25, 0.3) is 0 Å². The first-order chi connectivity index (χ1) is 13.3. The van der Waals surface area contributed by atoms with Gasteiger partial charge in [-0.05, 0) is 50.2 Å². The molecule has 1 heterocycles. The van der Waals surface area contributed by atoms with Gasteiger partial charge in [0.05, 0.1) is 21.4 Å². The summed E-state index contributed by atoms with van der Waals surface area (Å²) in [5.74, 6) is 0.279. The van der Waals surface area contributed by atoms with Gasteiger partial charge in [-0.2, -0.15) is 0 Å². The summed E-state index contributed by atoms with van der Waals surface area (Å²) >= 11 is 12.7. The third kappa shape index (κ3) is 4.90. The zero-order chi connectivity index (χ0) is 20.3. The smallest absolute Gasteiger partial charge is 0.262 e. The maximum absolute atomic E-state index is 12.5. The van der Waals surface area contributed by atoms with Gasteiger partial charge in [0.25, 0.3) is 5.91 Å². The molecule has 1 aliphatic rings. The summed E-state index contributed by atoms with van der Waals surface area (Å²) in [6, 6.07) is 9.34. The van der Waals surface area contributed by atoms with E-state index in [0.717, 1.165) is 43.0 Å². The van der Waals surface area contributed by atoms with Crippen LogP contribution in [0.15, 0.2) is 30.3 Å². The van der Waals surface area contributed by atoms with Crippen LogP contribution in [0.3, 0.4) is 0 Å². The molecular formula is C21H25Cl2N3O2. The molecule has 0 atom stereocenters. The average Bonchev–Trinajstić information content (AvgIpc) is 2.62. The van der Waals surface area contributed by atoms with Crippen LogP contribution in [-0.4, -0.2) is 50.6 Å². The summed E-state index contributed by atoms with van der Waals surface area (Å²) in [5.41, 5.74) is 3.50. The molecule has 1 aliphatic heterocycles. The first-order valence-corrected chi connectivity index (χ1v) is 10.0. The molecule has 1 amide bonds. The van der Waals surface area contributed by atoms with Crippen LogP contribution in [0.4, 0.5) is 11.4 Å². The van der Waals surface area contributed by atoms with E-state index in [-0.39, 0.29) is 12.5 Å². The van der Waals surface area contributed by atoms with Gasteiger partial charge in [-0.25, -0.2) is 0 Å². The van der Waals surface area contributed by atoms with Crippen LogP contribution in [0.1, 0.15) is 11.1 Å². The minimum absolute atomic E-state index is 0.127. The summed E-state index contributed by atoms with van der Waals surface area (Å²) in [6.07, 6.45) is 0. The fraction of sp³-hybridized carbons (Fsp3) is 0.381. The molecule has 5 nitrogen and oxygen atoms in total. The van der Waals surface area contributed by atoms with Crippen molar-refractivity contribution in [2.45, 2.75) is 13.8 Å². The molecule has 3 rings (SSSR count). The molecule has 7 heteroatoms. The average molecular weight is 422 g/mol. The van der Waals surface area contributed by atoms with Crippen LogP contribution in [0, 0.1) is 13.8 Å². The molecule has 0 saturated carbocycles. The highest BCUT2D eigenvalue weighted by atomic mass is 35.5. The van der Waals surface area contributed by atoms with E-state index in [4.69, 9.17) is 27.9 Å². The third-order valence-corrected chi connectivity index (χ3v) is 5.39. The highest BCUT2D eigenvalue weighted by Gasteiger charge is 2.21. The standard InChI is InChI=1S/C21H25Cl2N3O2/c1-14-11-15(2)21(17(23)12-14)28-13-19(27)24-18-6-4-5-16(22)20(18)26-9-7-25(3)8-10-26/h4-6,11-12H,7-10,13H2,1-3H3,(H,24,27). The molecule has 1 fully saturated rings. The summed E-state index contributed by atoms with van der Waals surface area (Å²) < 4.78 is 5.69. The molecule has 0 aliphatic carbocycles. The van der Waals surface area contributed by atoms with Crippen LogP contribution in [-0.2, 0) is 4.79 Å². The minimum atomic E-state index is -0.256. The van der Waals surface area contributed by atoms with Crippen LogP contribution >= 0.6 is 23.2 Å². The largest absolute Gasteiger partial charge is 0.482 e. The molecule has 0 radical (unpaired) electrons. The van der Waals surface area contributed by atoms with Crippen LogP contribution in [0.2, 0.25) is 10.0 Å². The molecule has 0 aromatic heterocycles. The Bertz CT molecular complexity index is 842. The number of nitrogens with zero attached hydrogens (tertiary/aromatic N) is 2. The van der Waals surface area contributed by atoms with Gasteiger partial charge in [0, 0.05) is 26.2 Å². The fourth-order valence-electron chi connectivity index (χ4n) is 3.38. The number of aryl methyl sites for hydroxylation is 2. The normalized spacial score (nSPS) is 14.8. The molecule has 2 aromatic carbocycles. The molecule has 1 saturated heterocycles. The van der Waals surface area contributed by atoms with Crippen LogP contribution < -0.4 is 15.0 Å². The lowest BCUT2D eigenvalue weighted by molar-refractivity contribution is -0.118. The van der Waals surface area contributed by atoms with E-state index in [9.17, 15) is 4.79 Å². The Kier molecular flexibility index (Phi) is 6.70. The topological polar surface area (TPSA) is 44.8 Å². The van der Waals surface area contributed by atoms with Gasteiger partial charge in [-0.15, -0.1) is 0 Å². The van der Waals surface area contributed by atoms with Gasteiger partial charge in [-0.1, -0.05) is 35.3 Å².